The zero-order valence-electron chi connectivity index (χ0n) is 10.1. The molecule has 1 fully saturated rings. The Bertz CT molecular complexity index is 510. The van der Waals surface area contributed by atoms with E-state index in [1.165, 1.54) is 0 Å². The summed E-state index contributed by atoms with van der Waals surface area (Å²) in [4.78, 5) is 2.19. The molecule has 1 aromatic carbocycles. The van der Waals surface area contributed by atoms with Crippen molar-refractivity contribution in [1.29, 1.82) is 0 Å². The number of aliphatic hydroxyl groups excluding tert-OH is 1. The summed E-state index contributed by atoms with van der Waals surface area (Å²) in [5.41, 5.74) is 1.96. The van der Waals surface area contributed by atoms with Crippen LogP contribution in [-0.2, 0) is 6.54 Å². The fraction of sp³-hybridized carbons (Fsp3) is 0.357. The average Bonchev–Trinajstić information content (AvgIpc) is 3.01. The molecule has 1 saturated heterocycles. The molecule has 0 bridgehead atoms. The number of β-amino-alcohol motifs (C(OH)–C–C–N with tert-alkyl or cyclic N) is 1. The Balaban J connectivity index is 1.70. The van der Waals surface area contributed by atoms with Crippen molar-refractivity contribution in [3.8, 4) is 11.3 Å². The molecule has 1 N–H and O–H groups in total. The zero-order chi connectivity index (χ0) is 12.4. The Kier molecular flexibility index (Phi) is 3.13. The minimum atomic E-state index is -0.189. The van der Waals surface area contributed by atoms with Gasteiger partial charge in [-0.3, -0.25) is 4.90 Å². The summed E-state index contributed by atoms with van der Waals surface area (Å²) in [5.74, 6) is 0.797. The van der Waals surface area contributed by atoms with E-state index in [4.69, 9.17) is 4.52 Å². The number of likely N-dealkylation sites (tertiary alicyclic amines) is 1. The summed E-state index contributed by atoms with van der Waals surface area (Å²) in [6.45, 7) is 2.40. The van der Waals surface area contributed by atoms with Crippen LogP contribution in [0.1, 0.15) is 12.1 Å². The molecular formula is C14H16N2O2. The summed E-state index contributed by atoms with van der Waals surface area (Å²) < 4.78 is 5.35. The molecule has 0 spiro atoms. The van der Waals surface area contributed by atoms with Crippen LogP contribution in [-0.4, -0.2) is 34.4 Å². The fourth-order valence-corrected chi connectivity index (χ4v) is 2.31. The third kappa shape index (κ3) is 2.44. The highest BCUT2D eigenvalue weighted by Crippen LogP contribution is 2.21. The summed E-state index contributed by atoms with van der Waals surface area (Å²) in [5, 5.41) is 13.6. The molecule has 0 aliphatic carbocycles. The minimum absolute atomic E-state index is 0.189. The molecular weight excluding hydrogens is 228 g/mol. The van der Waals surface area contributed by atoms with E-state index < -0.39 is 0 Å². The van der Waals surface area contributed by atoms with E-state index in [0.717, 1.165) is 43.1 Å². The molecule has 3 rings (SSSR count). The van der Waals surface area contributed by atoms with Crippen molar-refractivity contribution in [2.75, 3.05) is 13.1 Å². The normalized spacial score (nSPS) is 20.4. The first kappa shape index (κ1) is 11.4. The maximum absolute atomic E-state index is 9.48. The van der Waals surface area contributed by atoms with Crippen LogP contribution in [0.25, 0.3) is 11.3 Å². The second-order valence-electron chi connectivity index (χ2n) is 4.73. The lowest BCUT2D eigenvalue weighted by Crippen LogP contribution is -2.21. The van der Waals surface area contributed by atoms with Crippen LogP contribution in [0, 0.1) is 0 Å². The van der Waals surface area contributed by atoms with Crippen LogP contribution in [0.3, 0.4) is 0 Å². The van der Waals surface area contributed by atoms with Gasteiger partial charge in [0.15, 0.2) is 5.76 Å². The number of nitrogens with zero attached hydrogens (tertiary/aromatic N) is 2. The maximum atomic E-state index is 9.48. The van der Waals surface area contributed by atoms with Crippen molar-refractivity contribution in [3.63, 3.8) is 0 Å². The molecule has 2 heterocycles. The van der Waals surface area contributed by atoms with Gasteiger partial charge in [0.25, 0.3) is 0 Å². The Morgan fingerprint density at radius 1 is 1.33 bits per heavy atom. The predicted octanol–water partition coefficient (Wildman–Crippen LogP) is 1.91. The Hall–Kier alpha value is -1.65. The van der Waals surface area contributed by atoms with Crippen LogP contribution in [0.2, 0.25) is 0 Å². The lowest BCUT2D eigenvalue weighted by atomic mass is 10.1. The van der Waals surface area contributed by atoms with Gasteiger partial charge in [0.1, 0.15) is 0 Å². The van der Waals surface area contributed by atoms with Gasteiger partial charge in [-0.25, -0.2) is 0 Å². The maximum Gasteiger partial charge on any atom is 0.167 e. The number of rotatable bonds is 3. The van der Waals surface area contributed by atoms with E-state index in [1.54, 1.807) is 0 Å². The summed E-state index contributed by atoms with van der Waals surface area (Å²) in [7, 11) is 0. The van der Waals surface area contributed by atoms with Gasteiger partial charge in [-0.2, -0.15) is 0 Å². The smallest absolute Gasteiger partial charge is 0.167 e. The molecule has 2 aromatic rings. The van der Waals surface area contributed by atoms with Crippen LogP contribution in [0.5, 0.6) is 0 Å². The number of aliphatic hydroxyl groups is 1. The largest absolute Gasteiger partial charge is 0.392 e. The topological polar surface area (TPSA) is 49.5 Å². The summed E-state index contributed by atoms with van der Waals surface area (Å²) >= 11 is 0. The third-order valence-corrected chi connectivity index (χ3v) is 3.25. The SMILES string of the molecule is OC1CCN(Cc2cc(-c3ccccc3)on2)C1. The first-order chi connectivity index (χ1) is 8.81. The van der Waals surface area contributed by atoms with Crippen molar-refractivity contribution < 1.29 is 9.63 Å². The number of hydrogen-bond donors (Lipinski definition) is 1. The number of hydrogen-bond acceptors (Lipinski definition) is 4. The molecule has 94 valence electrons. The first-order valence-electron chi connectivity index (χ1n) is 6.23. The van der Waals surface area contributed by atoms with E-state index in [1.807, 2.05) is 36.4 Å². The van der Waals surface area contributed by atoms with Crippen LogP contribution < -0.4 is 0 Å². The van der Waals surface area contributed by atoms with Gasteiger partial charge in [0.2, 0.25) is 0 Å². The fourth-order valence-electron chi connectivity index (χ4n) is 2.31. The van der Waals surface area contributed by atoms with Gasteiger partial charge in [-0.15, -0.1) is 0 Å². The lowest BCUT2D eigenvalue weighted by molar-refractivity contribution is 0.174. The Morgan fingerprint density at radius 3 is 2.89 bits per heavy atom. The highest BCUT2D eigenvalue weighted by molar-refractivity contribution is 5.56. The zero-order valence-corrected chi connectivity index (χ0v) is 10.1. The van der Waals surface area contributed by atoms with E-state index in [9.17, 15) is 5.11 Å². The van der Waals surface area contributed by atoms with Crippen LogP contribution in [0.15, 0.2) is 40.9 Å². The highest BCUT2D eigenvalue weighted by atomic mass is 16.5. The van der Waals surface area contributed by atoms with E-state index >= 15 is 0 Å². The molecule has 1 atom stereocenters. The Morgan fingerprint density at radius 2 is 2.17 bits per heavy atom. The van der Waals surface area contributed by atoms with Gasteiger partial charge < -0.3 is 9.63 Å². The predicted molar refractivity (Wildman–Crippen MR) is 67.8 cm³/mol. The molecule has 1 unspecified atom stereocenters. The molecule has 0 amide bonds. The van der Waals surface area contributed by atoms with Gasteiger partial charge in [0.05, 0.1) is 11.8 Å². The second kappa shape index (κ2) is 4.92. The molecule has 1 aromatic heterocycles. The highest BCUT2D eigenvalue weighted by Gasteiger charge is 2.21. The summed E-state index contributed by atoms with van der Waals surface area (Å²) in [6, 6.07) is 11.9. The van der Waals surface area contributed by atoms with Crippen LogP contribution in [0.4, 0.5) is 0 Å². The molecule has 4 nitrogen and oxygen atoms in total. The molecule has 4 heteroatoms. The van der Waals surface area contributed by atoms with Gasteiger partial charge in [-0.05, 0) is 6.42 Å². The number of benzene rings is 1. The van der Waals surface area contributed by atoms with Crippen molar-refractivity contribution in [2.24, 2.45) is 0 Å². The average molecular weight is 244 g/mol. The van der Waals surface area contributed by atoms with E-state index in [-0.39, 0.29) is 6.10 Å². The lowest BCUT2D eigenvalue weighted by Gasteiger charge is -2.11. The van der Waals surface area contributed by atoms with E-state index in [0.29, 0.717) is 0 Å². The van der Waals surface area contributed by atoms with Gasteiger partial charge in [0, 0.05) is 31.3 Å². The van der Waals surface area contributed by atoms with Crippen molar-refractivity contribution in [1.82, 2.24) is 10.1 Å². The monoisotopic (exact) mass is 244 g/mol. The minimum Gasteiger partial charge on any atom is -0.392 e. The molecule has 0 saturated carbocycles. The number of aromatic nitrogens is 1. The standard InChI is InChI=1S/C14H16N2O2/c17-13-6-7-16(10-13)9-12-8-14(18-15-12)11-4-2-1-3-5-11/h1-5,8,13,17H,6-7,9-10H2. The molecule has 1 aliphatic rings. The van der Waals surface area contributed by atoms with Crippen molar-refractivity contribution in [2.45, 2.75) is 19.1 Å². The van der Waals surface area contributed by atoms with E-state index in [2.05, 4.69) is 10.1 Å². The summed E-state index contributed by atoms with van der Waals surface area (Å²) in [6.07, 6.45) is 0.661. The third-order valence-electron chi connectivity index (χ3n) is 3.25. The van der Waals surface area contributed by atoms with Gasteiger partial charge >= 0.3 is 0 Å². The van der Waals surface area contributed by atoms with Crippen molar-refractivity contribution >= 4 is 0 Å². The quantitative estimate of drug-likeness (QED) is 0.896. The molecule has 18 heavy (non-hydrogen) atoms. The first-order valence-corrected chi connectivity index (χ1v) is 6.23. The molecule has 0 radical (unpaired) electrons. The Labute approximate surface area is 106 Å². The van der Waals surface area contributed by atoms with Crippen LogP contribution >= 0.6 is 0 Å². The molecule has 1 aliphatic heterocycles. The second-order valence-corrected chi connectivity index (χ2v) is 4.73. The van der Waals surface area contributed by atoms with Gasteiger partial charge in [-0.1, -0.05) is 35.5 Å². The van der Waals surface area contributed by atoms with Crippen molar-refractivity contribution in [3.05, 3.63) is 42.1 Å².